The molecule has 0 aliphatic heterocycles. The molecule has 0 spiro atoms. The van der Waals surface area contributed by atoms with Gasteiger partial charge >= 0.3 is 111 Å². The summed E-state index contributed by atoms with van der Waals surface area (Å²) in [6, 6.07) is 18.9. The molecule has 0 atom stereocenters. The first-order chi connectivity index (χ1) is 8.34. The number of rotatable bonds is 2. The van der Waals surface area contributed by atoms with Crippen LogP contribution in [0.25, 0.3) is 9.65 Å². The molecule has 4 heteroatoms. The summed E-state index contributed by atoms with van der Waals surface area (Å²) >= 11 is 6.73. The maximum Gasteiger partial charge on any atom is -1.00 e. The normalized spacial score (nSPS) is 10.3. The van der Waals surface area contributed by atoms with Crippen LogP contribution < -0.4 is 16.0 Å². The number of halogens is 2. The monoisotopic (exact) mass is 343 g/mol. The first-order valence-corrected chi connectivity index (χ1v) is 7.46. The predicted octanol–water partition coefficient (Wildman–Crippen LogP) is -0.110. The molecule has 0 aliphatic rings. The maximum absolute atomic E-state index is 6.42. The average Bonchev–Trinajstić information content (AvgIpc) is 2.68. The van der Waals surface area contributed by atoms with E-state index in [-0.39, 0.29) is 12.4 Å². The summed E-state index contributed by atoms with van der Waals surface area (Å²) in [7, 11) is 0. The molecule has 3 rings (SSSR count). The first-order valence-electron chi connectivity index (χ1n) is 5.46. The van der Waals surface area contributed by atoms with Crippen molar-refractivity contribution in [3.8, 4) is 0 Å². The van der Waals surface area contributed by atoms with Crippen molar-refractivity contribution < 1.29 is 16.0 Å². The average molecular weight is 343 g/mol. The molecule has 1 heterocycles. The number of hydrogen-bond donors (Lipinski definition) is 0. The summed E-state index contributed by atoms with van der Waals surface area (Å²) in [4.78, 5) is 0. The summed E-state index contributed by atoms with van der Waals surface area (Å²) < 4.78 is 3.65. The van der Waals surface area contributed by atoms with Gasteiger partial charge in [-0.05, 0) is 0 Å². The van der Waals surface area contributed by atoms with E-state index in [1.165, 1.54) is 15.2 Å². The van der Waals surface area contributed by atoms with E-state index in [9.17, 15) is 0 Å². The van der Waals surface area contributed by atoms with Gasteiger partial charge < -0.3 is 12.4 Å². The number of benzene rings is 2. The molecule has 2 aromatic carbocycles. The van der Waals surface area contributed by atoms with E-state index in [4.69, 9.17) is 11.6 Å². The zero-order valence-electron chi connectivity index (χ0n) is 9.51. The topological polar surface area (TPSA) is 3.88 Å². The molecule has 0 fully saturated rings. The number of aromatic nitrogens is 1. The summed E-state index contributed by atoms with van der Waals surface area (Å²) in [6.45, 7) is 0.897. The number of nitrogens with zero attached hydrogens (tertiary/aromatic N) is 1. The van der Waals surface area contributed by atoms with Gasteiger partial charge in [0, 0.05) is 0 Å². The fourth-order valence-electron chi connectivity index (χ4n) is 1.86. The molecule has 0 saturated carbocycles. The number of fused-ring (bicyclic) bond motifs is 1. The molecule has 0 saturated heterocycles. The smallest absolute Gasteiger partial charge is 1.00 e. The zero-order chi connectivity index (χ0) is 11.7. The summed E-state index contributed by atoms with van der Waals surface area (Å²) in [5.74, 6) is 0. The Balaban J connectivity index is 0.00000120. The minimum atomic E-state index is 0. The van der Waals surface area contributed by atoms with Crippen LogP contribution in [-0.2, 0) is 6.54 Å². The van der Waals surface area contributed by atoms with Gasteiger partial charge in [0.25, 0.3) is 0 Å². The second-order valence-corrected chi connectivity index (χ2v) is 6.49. The molecule has 0 bridgehead atoms. The molecule has 92 valence electrons. The fraction of sp³-hybridized carbons (Fsp3) is 0.0714. The van der Waals surface area contributed by atoms with Gasteiger partial charge in [-0.15, -0.1) is 0 Å². The van der Waals surface area contributed by atoms with Gasteiger partial charge in [-0.25, -0.2) is 0 Å². The largest absolute Gasteiger partial charge is 1.00 e. The number of hydrogen-bond acceptors (Lipinski definition) is 0. The Labute approximate surface area is 123 Å². The molecule has 18 heavy (non-hydrogen) atoms. The van der Waals surface area contributed by atoms with Crippen LogP contribution in [0.5, 0.6) is 0 Å². The van der Waals surface area contributed by atoms with Gasteiger partial charge in [0.15, 0.2) is 0 Å². The summed E-state index contributed by atoms with van der Waals surface area (Å²) in [5, 5.41) is 2.09. The van der Waals surface area contributed by atoms with Crippen LogP contribution in [0.1, 0.15) is 5.56 Å². The second-order valence-electron chi connectivity index (χ2n) is 3.90. The van der Waals surface area contributed by atoms with E-state index in [1.807, 2.05) is 12.1 Å². The molecule has 1 aromatic heterocycles. The van der Waals surface area contributed by atoms with Crippen molar-refractivity contribution in [3.63, 3.8) is 0 Å². The molecule has 0 radical (unpaired) electrons. The van der Waals surface area contributed by atoms with E-state index < -0.39 is 0 Å². The molecular weight excluding hydrogens is 332 g/mol. The third-order valence-corrected chi connectivity index (χ3v) is 5.62. The Hall–Kier alpha value is -0.791. The van der Waals surface area contributed by atoms with Gasteiger partial charge in [0.05, 0.1) is 0 Å². The molecular formula is C14H11Cl2NSe. The Kier molecular flexibility index (Phi) is 4.47. The van der Waals surface area contributed by atoms with Crippen molar-refractivity contribution in [1.29, 1.82) is 0 Å². The van der Waals surface area contributed by atoms with E-state index in [1.54, 1.807) is 0 Å². The van der Waals surface area contributed by atoms with Crippen LogP contribution in [0.2, 0.25) is 5.15 Å². The summed E-state index contributed by atoms with van der Waals surface area (Å²) in [6.07, 6.45) is 0. The SMILES string of the molecule is Clc1c2ccccc2[se][n+]1Cc1ccccc1.[Cl-]. The molecule has 3 aromatic rings. The molecule has 0 amide bonds. The Morgan fingerprint density at radius 1 is 0.944 bits per heavy atom. The van der Waals surface area contributed by atoms with Gasteiger partial charge in [-0.2, -0.15) is 0 Å². The van der Waals surface area contributed by atoms with Gasteiger partial charge in [-0.3, -0.25) is 0 Å². The maximum atomic E-state index is 6.42. The minimum Gasteiger partial charge on any atom is -1.00 e. The fourth-order valence-corrected chi connectivity index (χ4v) is 4.56. The second kappa shape index (κ2) is 5.90. The van der Waals surface area contributed by atoms with Crippen LogP contribution in [-0.4, -0.2) is 14.7 Å². The Morgan fingerprint density at radius 3 is 2.33 bits per heavy atom. The molecule has 0 N–H and O–H groups in total. The van der Waals surface area contributed by atoms with Crippen LogP contribution in [0.3, 0.4) is 0 Å². The van der Waals surface area contributed by atoms with E-state index in [2.05, 4.69) is 46.0 Å². The Morgan fingerprint density at radius 2 is 1.61 bits per heavy atom. The third kappa shape index (κ3) is 2.62. The van der Waals surface area contributed by atoms with Crippen molar-refractivity contribution >= 4 is 36.0 Å². The Bertz CT molecular complexity index is 649. The van der Waals surface area contributed by atoms with E-state index >= 15 is 0 Å². The van der Waals surface area contributed by atoms with E-state index in [0.29, 0.717) is 14.7 Å². The van der Waals surface area contributed by atoms with Crippen molar-refractivity contribution in [2.24, 2.45) is 0 Å². The van der Waals surface area contributed by atoms with Crippen LogP contribution >= 0.6 is 11.6 Å². The summed E-state index contributed by atoms with van der Waals surface area (Å²) in [5.41, 5.74) is 1.31. The van der Waals surface area contributed by atoms with Crippen molar-refractivity contribution in [1.82, 2.24) is 0 Å². The predicted molar refractivity (Wildman–Crippen MR) is 71.6 cm³/mol. The van der Waals surface area contributed by atoms with Crippen molar-refractivity contribution in [3.05, 3.63) is 65.3 Å². The minimum absolute atomic E-state index is 0. The van der Waals surface area contributed by atoms with Crippen LogP contribution in [0, 0.1) is 0 Å². The van der Waals surface area contributed by atoms with Gasteiger partial charge in [-0.1, -0.05) is 0 Å². The molecule has 0 aliphatic carbocycles. The molecule has 1 nitrogen and oxygen atoms in total. The van der Waals surface area contributed by atoms with Crippen LogP contribution in [0.4, 0.5) is 0 Å². The van der Waals surface area contributed by atoms with E-state index in [0.717, 1.165) is 11.7 Å². The first kappa shape index (κ1) is 13.6. The van der Waals surface area contributed by atoms with Crippen molar-refractivity contribution in [2.75, 3.05) is 0 Å². The van der Waals surface area contributed by atoms with Crippen molar-refractivity contribution in [2.45, 2.75) is 6.54 Å². The molecule has 0 unspecified atom stereocenters. The standard InChI is InChI=1S/C14H11ClNSe.ClH/c15-14-12-8-4-5-9-13(12)17-16(14)10-11-6-2-1-3-7-11;/h1-9H,10H2;1H/q+1;/p-1. The quantitative estimate of drug-likeness (QED) is 0.572. The third-order valence-electron chi connectivity index (χ3n) is 2.71. The zero-order valence-corrected chi connectivity index (χ0v) is 12.7. The van der Waals surface area contributed by atoms with Crippen LogP contribution in [0.15, 0.2) is 54.6 Å². The van der Waals surface area contributed by atoms with Gasteiger partial charge in [0.2, 0.25) is 0 Å². The van der Waals surface area contributed by atoms with Gasteiger partial charge in [0.1, 0.15) is 0 Å².